The van der Waals surface area contributed by atoms with Crippen LogP contribution in [0.5, 0.6) is 0 Å². The van der Waals surface area contributed by atoms with Gasteiger partial charge in [0.25, 0.3) is 0 Å². The molecule has 2 aromatic rings. The second-order valence-electron chi connectivity index (χ2n) is 6.42. The van der Waals surface area contributed by atoms with Crippen LogP contribution in [0.4, 0.5) is 0 Å². The van der Waals surface area contributed by atoms with Crippen molar-refractivity contribution >= 4 is 20.0 Å². The lowest BCUT2D eigenvalue weighted by Crippen LogP contribution is -2.24. The molecule has 0 heterocycles. The van der Waals surface area contributed by atoms with Crippen LogP contribution >= 0.6 is 0 Å². The zero-order valence-electron chi connectivity index (χ0n) is 16.9. The van der Waals surface area contributed by atoms with Crippen LogP contribution < -0.4 is 9.44 Å². The van der Waals surface area contributed by atoms with E-state index in [0.29, 0.717) is 22.9 Å². The van der Waals surface area contributed by atoms with Gasteiger partial charge in [0, 0.05) is 13.1 Å². The van der Waals surface area contributed by atoms with E-state index >= 15 is 0 Å². The van der Waals surface area contributed by atoms with E-state index in [9.17, 15) is 16.8 Å². The van der Waals surface area contributed by atoms with E-state index in [-0.39, 0.29) is 0 Å². The minimum atomic E-state index is -3.29. The first kappa shape index (κ1) is 24.3. The summed E-state index contributed by atoms with van der Waals surface area (Å²) in [4.78, 5) is 0.660. The molecule has 0 atom stereocenters. The first-order valence-electron chi connectivity index (χ1n) is 9.25. The van der Waals surface area contributed by atoms with E-state index < -0.39 is 20.0 Å². The van der Waals surface area contributed by atoms with Gasteiger partial charge in [-0.3, -0.25) is 0 Å². The Morgan fingerprint density at radius 2 is 0.893 bits per heavy atom. The molecule has 6 nitrogen and oxygen atoms in total. The Bertz CT molecular complexity index is 842. The molecular weight excluding hydrogens is 396 g/mol. The van der Waals surface area contributed by atoms with E-state index in [2.05, 4.69) is 9.44 Å². The van der Waals surface area contributed by atoms with E-state index in [0.717, 1.165) is 24.0 Å². The summed E-state index contributed by atoms with van der Waals surface area (Å²) in [7, 11) is -6.58. The summed E-state index contributed by atoms with van der Waals surface area (Å²) in [5, 5.41) is 0. The fraction of sp³-hybridized carbons (Fsp3) is 0.400. The molecule has 0 saturated heterocycles. The number of rotatable bonds is 8. The highest BCUT2D eigenvalue weighted by Gasteiger charge is 2.12. The summed E-state index contributed by atoms with van der Waals surface area (Å²) >= 11 is 0. The summed E-state index contributed by atoms with van der Waals surface area (Å²) in [6, 6.07) is 13.6. The molecule has 0 fully saturated rings. The van der Waals surface area contributed by atoms with E-state index in [4.69, 9.17) is 0 Å². The SMILES string of the molecule is CCCNS(=O)(=O)c1ccc(C)cc1.CCCNS(=O)(=O)c1ccc(C)cc1. The molecular formula is C20H30N2O4S2. The normalized spacial score (nSPS) is 11.6. The third-order valence-corrected chi connectivity index (χ3v) is 6.70. The molecule has 0 aliphatic rings. The summed E-state index contributed by atoms with van der Waals surface area (Å²) in [5.41, 5.74) is 2.11. The Hall–Kier alpha value is -1.74. The van der Waals surface area contributed by atoms with Crippen LogP contribution in [-0.2, 0) is 20.0 Å². The molecule has 28 heavy (non-hydrogen) atoms. The highest BCUT2D eigenvalue weighted by atomic mass is 32.2. The Morgan fingerprint density at radius 1 is 0.607 bits per heavy atom. The standard InChI is InChI=1S/2C10H15NO2S/c2*1-3-8-11-14(12,13)10-6-4-9(2)5-7-10/h2*4-7,11H,3,8H2,1-2H3. The maximum absolute atomic E-state index is 11.6. The summed E-state index contributed by atoms with van der Waals surface area (Å²) < 4.78 is 51.4. The van der Waals surface area contributed by atoms with E-state index in [1.807, 2.05) is 27.7 Å². The second kappa shape index (κ2) is 11.3. The molecule has 2 aromatic carbocycles. The molecule has 8 heteroatoms. The van der Waals surface area contributed by atoms with Crippen LogP contribution in [0.3, 0.4) is 0 Å². The van der Waals surface area contributed by atoms with Crippen LogP contribution in [0.2, 0.25) is 0 Å². The molecule has 156 valence electrons. The van der Waals surface area contributed by atoms with Crippen LogP contribution in [0.15, 0.2) is 58.3 Å². The van der Waals surface area contributed by atoms with Crippen molar-refractivity contribution in [2.75, 3.05) is 13.1 Å². The van der Waals surface area contributed by atoms with Gasteiger partial charge in [-0.2, -0.15) is 0 Å². The Kier molecular flexibility index (Phi) is 9.81. The Labute approximate surface area is 169 Å². The van der Waals surface area contributed by atoms with Gasteiger partial charge in [0.15, 0.2) is 0 Å². The number of nitrogens with one attached hydrogen (secondary N) is 2. The average molecular weight is 427 g/mol. The predicted octanol–water partition coefficient (Wildman–Crippen LogP) is 3.37. The molecule has 0 spiro atoms. The average Bonchev–Trinajstić information content (AvgIpc) is 2.66. The minimum Gasteiger partial charge on any atom is -0.211 e. The van der Waals surface area contributed by atoms with Crippen molar-refractivity contribution in [3.63, 3.8) is 0 Å². The molecule has 0 aromatic heterocycles. The fourth-order valence-corrected chi connectivity index (χ4v) is 4.34. The zero-order valence-corrected chi connectivity index (χ0v) is 18.5. The summed E-state index contributed by atoms with van der Waals surface area (Å²) in [6.45, 7) is 8.67. The lowest BCUT2D eigenvalue weighted by atomic mass is 10.2. The first-order chi connectivity index (χ1) is 13.1. The van der Waals surface area contributed by atoms with Crippen molar-refractivity contribution in [3.8, 4) is 0 Å². The van der Waals surface area contributed by atoms with Crippen LogP contribution in [-0.4, -0.2) is 29.9 Å². The van der Waals surface area contributed by atoms with Gasteiger partial charge in [-0.25, -0.2) is 26.3 Å². The highest BCUT2D eigenvalue weighted by molar-refractivity contribution is 7.89. The van der Waals surface area contributed by atoms with Crippen molar-refractivity contribution in [1.82, 2.24) is 9.44 Å². The van der Waals surface area contributed by atoms with E-state index in [1.165, 1.54) is 0 Å². The van der Waals surface area contributed by atoms with Gasteiger partial charge in [-0.05, 0) is 51.0 Å². The predicted molar refractivity (Wildman–Crippen MR) is 113 cm³/mol. The molecule has 2 rings (SSSR count). The molecule has 0 unspecified atom stereocenters. The largest absolute Gasteiger partial charge is 0.240 e. The van der Waals surface area contributed by atoms with Crippen molar-refractivity contribution in [1.29, 1.82) is 0 Å². The third kappa shape index (κ3) is 8.10. The molecule has 2 N–H and O–H groups in total. The maximum atomic E-state index is 11.6. The van der Waals surface area contributed by atoms with Gasteiger partial charge >= 0.3 is 0 Å². The third-order valence-electron chi connectivity index (χ3n) is 3.75. The Balaban J connectivity index is 0.000000280. The number of aryl methyl sites for hydroxylation is 2. The minimum absolute atomic E-state index is 0.330. The molecule has 0 saturated carbocycles. The molecule has 0 bridgehead atoms. The quantitative estimate of drug-likeness (QED) is 0.677. The first-order valence-corrected chi connectivity index (χ1v) is 12.2. The van der Waals surface area contributed by atoms with Crippen molar-refractivity contribution in [3.05, 3.63) is 59.7 Å². The zero-order chi connectivity index (χ0) is 21.2. The number of benzene rings is 2. The molecule has 0 radical (unpaired) electrons. The van der Waals surface area contributed by atoms with Crippen LogP contribution in [0.25, 0.3) is 0 Å². The van der Waals surface area contributed by atoms with Gasteiger partial charge < -0.3 is 0 Å². The number of sulfonamides is 2. The molecule has 0 amide bonds. The lowest BCUT2D eigenvalue weighted by molar-refractivity contribution is 0.579. The van der Waals surface area contributed by atoms with Gasteiger partial charge in [0.05, 0.1) is 9.79 Å². The molecule has 0 aliphatic carbocycles. The number of hydrogen-bond acceptors (Lipinski definition) is 4. The maximum Gasteiger partial charge on any atom is 0.240 e. The summed E-state index contributed by atoms with van der Waals surface area (Å²) in [5.74, 6) is 0. The highest BCUT2D eigenvalue weighted by Crippen LogP contribution is 2.10. The van der Waals surface area contributed by atoms with Gasteiger partial charge in [0.1, 0.15) is 0 Å². The topological polar surface area (TPSA) is 92.3 Å². The smallest absolute Gasteiger partial charge is 0.211 e. The Morgan fingerprint density at radius 3 is 1.14 bits per heavy atom. The van der Waals surface area contributed by atoms with Crippen LogP contribution in [0.1, 0.15) is 37.8 Å². The number of hydrogen-bond donors (Lipinski definition) is 2. The fourth-order valence-electron chi connectivity index (χ4n) is 2.07. The summed E-state index contributed by atoms with van der Waals surface area (Å²) in [6.07, 6.45) is 1.59. The monoisotopic (exact) mass is 426 g/mol. The van der Waals surface area contributed by atoms with Gasteiger partial charge in [-0.1, -0.05) is 49.2 Å². The van der Waals surface area contributed by atoms with Crippen molar-refractivity contribution < 1.29 is 16.8 Å². The second-order valence-corrected chi connectivity index (χ2v) is 9.96. The van der Waals surface area contributed by atoms with Crippen LogP contribution in [0, 0.1) is 13.8 Å². The lowest BCUT2D eigenvalue weighted by Gasteiger charge is -2.05. The van der Waals surface area contributed by atoms with Gasteiger partial charge in [-0.15, -0.1) is 0 Å². The van der Waals surface area contributed by atoms with Crippen molar-refractivity contribution in [2.45, 2.75) is 50.3 Å². The molecule has 0 aliphatic heterocycles. The van der Waals surface area contributed by atoms with E-state index in [1.54, 1.807) is 48.5 Å². The van der Waals surface area contributed by atoms with Gasteiger partial charge in [0.2, 0.25) is 20.0 Å². The van der Waals surface area contributed by atoms with Crippen molar-refractivity contribution in [2.24, 2.45) is 0 Å².